The molecule has 2 aromatic rings. The molecule has 144 valence electrons. The van der Waals surface area contributed by atoms with Crippen LogP contribution in [0.4, 0.5) is 5.69 Å². The molecule has 0 aliphatic carbocycles. The smallest absolute Gasteiger partial charge is 0.305 e. The quantitative estimate of drug-likeness (QED) is 0.602. The summed E-state index contributed by atoms with van der Waals surface area (Å²) >= 11 is 12.0. The highest BCUT2D eigenvalue weighted by Gasteiger charge is 2.28. The third kappa shape index (κ3) is 5.38. The lowest BCUT2D eigenvalue weighted by Crippen LogP contribution is -2.33. The normalized spacial score (nSPS) is 11.0. The molecule has 0 amide bonds. The van der Waals surface area contributed by atoms with Crippen LogP contribution < -0.4 is 9.04 Å². The number of nitrogens with zero attached hydrogens (tertiary/aromatic N) is 1. The first-order chi connectivity index (χ1) is 12.8. The highest BCUT2D eigenvalue weighted by atomic mass is 35.5. The third-order valence-electron chi connectivity index (χ3n) is 3.46. The molecule has 0 fully saturated rings. The summed E-state index contributed by atoms with van der Waals surface area (Å²) in [5, 5.41) is 9.19. The van der Waals surface area contributed by atoms with E-state index < -0.39 is 22.4 Å². The Hall–Kier alpha value is -2.22. The molecule has 0 bridgehead atoms. The molecule has 0 aliphatic heterocycles. The van der Waals surface area contributed by atoms with Crippen molar-refractivity contribution in [1.29, 1.82) is 0 Å². The topological polar surface area (TPSA) is 83.9 Å². The molecule has 0 aliphatic rings. The molecule has 0 radical (unpaired) electrons. The lowest BCUT2D eigenvalue weighted by Gasteiger charge is -2.25. The van der Waals surface area contributed by atoms with Crippen LogP contribution in [0, 0.1) is 0 Å². The predicted molar refractivity (Wildman–Crippen MR) is 105 cm³/mol. The number of sulfonamides is 1. The Morgan fingerprint density at radius 3 is 2.63 bits per heavy atom. The Morgan fingerprint density at radius 1 is 1.22 bits per heavy atom. The lowest BCUT2D eigenvalue weighted by atomic mass is 10.3. The van der Waals surface area contributed by atoms with Crippen LogP contribution >= 0.6 is 23.2 Å². The Morgan fingerprint density at radius 2 is 1.96 bits per heavy atom. The van der Waals surface area contributed by atoms with E-state index >= 15 is 0 Å². The van der Waals surface area contributed by atoms with Gasteiger partial charge in [-0.2, -0.15) is 0 Å². The zero-order valence-corrected chi connectivity index (χ0v) is 16.5. The predicted octanol–water partition coefficient (Wildman–Crippen LogP) is 4.23. The molecule has 27 heavy (non-hydrogen) atoms. The van der Waals surface area contributed by atoms with Crippen LogP contribution in [-0.4, -0.2) is 32.6 Å². The van der Waals surface area contributed by atoms with Gasteiger partial charge in [-0.3, -0.25) is 9.10 Å². The van der Waals surface area contributed by atoms with Crippen LogP contribution in [0.5, 0.6) is 5.75 Å². The SMILES string of the molecule is C=CCOc1cccc(N(CCC(=O)O)S(=O)(=O)c2cc(Cl)ccc2Cl)c1. The maximum absolute atomic E-state index is 13.2. The van der Waals surface area contributed by atoms with Gasteiger partial charge in [-0.05, 0) is 30.3 Å². The number of carboxylic acid groups (broad SMARTS) is 1. The summed E-state index contributed by atoms with van der Waals surface area (Å²) < 4.78 is 32.8. The van der Waals surface area contributed by atoms with E-state index in [1.807, 2.05) is 0 Å². The number of ether oxygens (including phenoxy) is 1. The molecule has 0 atom stereocenters. The summed E-state index contributed by atoms with van der Waals surface area (Å²) in [5.41, 5.74) is 0.244. The van der Waals surface area contributed by atoms with Crippen molar-refractivity contribution in [3.05, 3.63) is 65.2 Å². The number of aliphatic carboxylic acids is 1. The lowest BCUT2D eigenvalue weighted by molar-refractivity contribution is -0.136. The van der Waals surface area contributed by atoms with E-state index in [2.05, 4.69) is 6.58 Å². The van der Waals surface area contributed by atoms with Crippen molar-refractivity contribution in [2.45, 2.75) is 11.3 Å². The number of halogens is 2. The van der Waals surface area contributed by atoms with Gasteiger partial charge in [0.2, 0.25) is 0 Å². The van der Waals surface area contributed by atoms with Crippen molar-refractivity contribution in [1.82, 2.24) is 0 Å². The molecule has 6 nitrogen and oxygen atoms in total. The molecule has 0 saturated heterocycles. The van der Waals surface area contributed by atoms with Crippen molar-refractivity contribution in [2.75, 3.05) is 17.5 Å². The van der Waals surface area contributed by atoms with E-state index in [1.165, 1.54) is 24.3 Å². The summed E-state index contributed by atoms with van der Waals surface area (Å²) in [6.45, 7) is 3.51. The average Bonchev–Trinajstić information content (AvgIpc) is 2.62. The Kier molecular flexibility index (Phi) is 7.12. The molecule has 1 N–H and O–H groups in total. The minimum Gasteiger partial charge on any atom is -0.489 e. The first kappa shape index (κ1) is 21.1. The van der Waals surface area contributed by atoms with Crippen LogP contribution in [-0.2, 0) is 14.8 Å². The number of carboxylic acids is 1. The maximum atomic E-state index is 13.2. The largest absolute Gasteiger partial charge is 0.489 e. The highest BCUT2D eigenvalue weighted by Crippen LogP contribution is 2.32. The summed E-state index contributed by atoms with van der Waals surface area (Å²) in [5.74, 6) is -0.716. The second kappa shape index (κ2) is 9.12. The summed E-state index contributed by atoms with van der Waals surface area (Å²) in [7, 11) is -4.16. The molecule has 0 aromatic heterocycles. The number of hydrogen-bond acceptors (Lipinski definition) is 4. The minimum atomic E-state index is -4.16. The molecule has 0 spiro atoms. The van der Waals surface area contributed by atoms with Crippen molar-refractivity contribution in [2.24, 2.45) is 0 Å². The summed E-state index contributed by atoms with van der Waals surface area (Å²) in [4.78, 5) is 10.8. The van der Waals surface area contributed by atoms with Gasteiger partial charge in [0.05, 0.1) is 17.1 Å². The van der Waals surface area contributed by atoms with E-state index in [9.17, 15) is 13.2 Å². The monoisotopic (exact) mass is 429 g/mol. The van der Waals surface area contributed by atoms with Gasteiger partial charge in [0, 0.05) is 17.6 Å². The summed E-state index contributed by atoms with van der Waals surface area (Å²) in [6, 6.07) is 10.4. The fraction of sp³-hybridized carbons (Fsp3) is 0.167. The van der Waals surface area contributed by atoms with E-state index in [4.69, 9.17) is 33.0 Å². The number of anilines is 1. The Bertz CT molecular complexity index is 947. The average molecular weight is 430 g/mol. The first-order valence-electron chi connectivity index (χ1n) is 7.79. The van der Waals surface area contributed by atoms with Gasteiger partial charge in [-0.1, -0.05) is 41.9 Å². The molecule has 0 saturated carbocycles. The van der Waals surface area contributed by atoms with Gasteiger partial charge in [0.15, 0.2) is 0 Å². The van der Waals surface area contributed by atoms with Crippen LogP contribution in [0.1, 0.15) is 6.42 Å². The van der Waals surface area contributed by atoms with Crippen molar-refractivity contribution in [3.63, 3.8) is 0 Å². The molecular formula is C18H17Cl2NO5S. The van der Waals surface area contributed by atoms with E-state index in [0.717, 1.165) is 4.31 Å². The molecule has 0 heterocycles. The van der Waals surface area contributed by atoms with Crippen LogP contribution in [0.25, 0.3) is 0 Å². The number of rotatable bonds is 9. The number of benzene rings is 2. The molecule has 2 rings (SSSR count). The van der Waals surface area contributed by atoms with Crippen molar-refractivity contribution < 1.29 is 23.1 Å². The first-order valence-corrected chi connectivity index (χ1v) is 9.98. The van der Waals surface area contributed by atoms with Crippen molar-refractivity contribution in [3.8, 4) is 5.75 Å². The molecule has 0 unspecified atom stereocenters. The number of carbonyl (C=O) groups is 1. The second-order valence-corrected chi connectivity index (χ2v) is 8.07. The molecule has 9 heteroatoms. The minimum absolute atomic E-state index is 0.0150. The van der Waals surface area contributed by atoms with Gasteiger partial charge in [0.1, 0.15) is 17.3 Å². The second-order valence-electron chi connectivity index (χ2n) is 5.39. The third-order valence-corrected chi connectivity index (χ3v) is 6.01. The van der Waals surface area contributed by atoms with Gasteiger partial charge in [-0.25, -0.2) is 8.42 Å². The maximum Gasteiger partial charge on any atom is 0.305 e. The Balaban J connectivity index is 2.52. The zero-order chi connectivity index (χ0) is 20.0. The van der Waals surface area contributed by atoms with Gasteiger partial charge in [-0.15, -0.1) is 0 Å². The van der Waals surface area contributed by atoms with Crippen molar-refractivity contribution >= 4 is 44.9 Å². The van der Waals surface area contributed by atoms with E-state index in [0.29, 0.717) is 5.75 Å². The fourth-order valence-electron chi connectivity index (χ4n) is 2.26. The van der Waals surface area contributed by atoms with E-state index in [-0.39, 0.29) is 33.8 Å². The summed E-state index contributed by atoms with van der Waals surface area (Å²) in [6.07, 6.45) is 1.16. The standard InChI is InChI=1S/C18H17Cl2NO5S/c1-2-10-26-15-5-3-4-14(12-15)21(9-8-18(22)23)27(24,25)17-11-13(19)6-7-16(17)20/h2-7,11-12H,1,8-10H2,(H,22,23). The van der Waals surface area contributed by atoms with Gasteiger partial charge >= 0.3 is 5.97 Å². The van der Waals surface area contributed by atoms with Gasteiger partial charge in [0.25, 0.3) is 10.0 Å². The fourth-order valence-corrected chi connectivity index (χ4v) is 4.46. The number of hydrogen-bond donors (Lipinski definition) is 1. The molecule has 2 aromatic carbocycles. The van der Waals surface area contributed by atoms with Crippen LogP contribution in [0.3, 0.4) is 0 Å². The zero-order valence-electron chi connectivity index (χ0n) is 14.1. The van der Waals surface area contributed by atoms with Crippen LogP contribution in [0.2, 0.25) is 10.0 Å². The Labute approximate surface area is 167 Å². The molecular weight excluding hydrogens is 413 g/mol. The van der Waals surface area contributed by atoms with E-state index in [1.54, 1.807) is 24.3 Å². The van der Waals surface area contributed by atoms with Crippen LogP contribution in [0.15, 0.2) is 60.0 Å². The highest BCUT2D eigenvalue weighted by molar-refractivity contribution is 7.93. The van der Waals surface area contributed by atoms with Gasteiger partial charge < -0.3 is 9.84 Å².